The first-order valence-electron chi connectivity index (χ1n) is 9.69. The van der Waals surface area contributed by atoms with E-state index in [1.165, 1.54) is 51.8 Å². The average molecular weight is 451 g/mol. The van der Waals surface area contributed by atoms with Crippen molar-refractivity contribution in [2.24, 2.45) is 0 Å². The molecule has 9 heteroatoms. The lowest BCUT2D eigenvalue weighted by Gasteiger charge is -2.28. The van der Waals surface area contributed by atoms with E-state index in [4.69, 9.17) is 0 Å². The summed E-state index contributed by atoms with van der Waals surface area (Å²) in [6, 6.07) is 15.7. The molecule has 7 nitrogen and oxygen atoms in total. The number of amides is 1. The lowest BCUT2D eigenvalue weighted by Crippen LogP contribution is -2.35. The second kappa shape index (κ2) is 7.84. The van der Waals surface area contributed by atoms with Crippen molar-refractivity contribution < 1.29 is 13.2 Å². The molecule has 4 aromatic rings. The predicted molar refractivity (Wildman–Crippen MR) is 120 cm³/mol. The highest BCUT2D eigenvalue weighted by molar-refractivity contribution is 7.89. The summed E-state index contributed by atoms with van der Waals surface area (Å²) in [6.45, 7) is 0.789. The number of nitrogens with zero attached hydrogens (tertiary/aromatic N) is 3. The lowest BCUT2D eigenvalue weighted by atomic mass is 10.0. The number of benzene rings is 2. The first kappa shape index (κ1) is 19.8. The largest absolute Gasteiger partial charge is 0.306 e. The van der Waals surface area contributed by atoms with Crippen LogP contribution in [0.3, 0.4) is 0 Å². The number of thiophene rings is 1. The maximum atomic E-state index is 13.1. The Balaban J connectivity index is 1.35. The van der Waals surface area contributed by atoms with Gasteiger partial charge in [-0.2, -0.15) is 4.31 Å². The zero-order valence-corrected chi connectivity index (χ0v) is 18.0. The van der Waals surface area contributed by atoms with Crippen molar-refractivity contribution in [3.05, 3.63) is 83.0 Å². The molecule has 0 bridgehead atoms. The minimum Gasteiger partial charge on any atom is -0.306 e. The van der Waals surface area contributed by atoms with Gasteiger partial charge in [0, 0.05) is 18.7 Å². The van der Waals surface area contributed by atoms with Gasteiger partial charge in [-0.25, -0.2) is 18.4 Å². The molecule has 0 saturated heterocycles. The molecular weight excluding hydrogens is 432 g/mol. The Hall–Kier alpha value is -3.14. The van der Waals surface area contributed by atoms with E-state index in [1.807, 2.05) is 35.7 Å². The maximum Gasteiger partial charge on any atom is 0.256 e. The molecule has 0 saturated carbocycles. The Morgan fingerprint density at radius 3 is 2.58 bits per heavy atom. The smallest absolute Gasteiger partial charge is 0.256 e. The van der Waals surface area contributed by atoms with Crippen LogP contribution in [0.4, 0.5) is 5.82 Å². The Morgan fingerprint density at radius 2 is 1.77 bits per heavy atom. The highest BCUT2D eigenvalue weighted by Gasteiger charge is 2.28. The fourth-order valence-electron chi connectivity index (χ4n) is 3.67. The number of aromatic nitrogens is 2. The number of carbonyl (C=O) groups excluding carboxylic acids is 1. The summed E-state index contributed by atoms with van der Waals surface area (Å²) in [6.07, 6.45) is 2.09. The summed E-state index contributed by atoms with van der Waals surface area (Å²) < 4.78 is 27.7. The van der Waals surface area contributed by atoms with Gasteiger partial charge < -0.3 is 5.32 Å². The van der Waals surface area contributed by atoms with Crippen LogP contribution < -0.4 is 5.32 Å². The van der Waals surface area contributed by atoms with E-state index in [2.05, 4.69) is 15.3 Å². The van der Waals surface area contributed by atoms with Crippen molar-refractivity contribution in [1.82, 2.24) is 14.3 Å². The number of rotatable bonds is 4. The van der Waals surface area contributed by atoms with Gasteiger partial charge in [0.25, 0.3) is 5.91 Å². The van der Waals surface area contributed by atoms with Crippen LogP contribution in [0.25, 0.3) is 10.2 Å². The Kier molecular flexibility index (Phi) is 5.01. The second-order valence-corrected chi connectivity index (χ2v) is 10.0. The summed E-state index contributed by atoms with van der Waals surface area (Å²) in [7, 11) is -3.64. The van der Waals surface area contributed by atoms with E-state index in [-0.39, 0.29) is 10.8 Å². The van der Waals surface area contributed by atoms with Crippen molar-refractivity contribution in [3.63, 3.8) is 0 Å². The van der Waals surface area contributed by atoms with E-state index in [0.717, 1.165) is 15.8 Å². The van der Waals surface area contributed by atoms with Crippen LogP contribution in [-0.4, -0.2) is 35.1 Å². The number of hydrogen-bond acceptors (Lipinski definition) is 6. The number of fused-ring (bicyclic) bond motifs is 2. The summed E-state index contributed by atoms with van der Waals surface area (Å²) in [5, 5.41) is 5.43. The monoisotopic (exact) mass is 450 g/mol. The molecule has 0 spiro atoms. The summed E-state index contributed by atoms with van der Waals surface area (Å²) in [5.74, 6) is 0.0713. The minimum absolute atomic E-state index is 0.172. The SMILES string of the molecule is O=C(Nc1ncnc2sccc12)c1ccc(S(=O)(=O)N2CCc3ccccc3C2)cc1. The average Bonchev–Trinajstić information content (AvgIpc) is 3.29. The molecule has 3 heterocycles. The van der Waals surface area contributed by atoms with Crippen LogP contribution >= 0.6 is 11.3 Å². The van der Waals surface area contributed by atoms with Crippen LogP contribution in [0.5, 0.6) is 0 Å². The molecule has 2 aromatic carbocycles. The molecule has 0 unspecified atom stereocenters. The maximum absolute atomic E-state index is 13.1. The van der Waals surface area contributed by atoms with Gasteiger partial charge in [0.2, 0.25) is 10.0 Å². The normalized spacial score (nSPS) is 14.3. The molecule has 1 aliphatic rings. The Labute approximate surface area is 183 Å². The van der Waals surface area contributed by atoms with Crippen molar-refractivity contribution in [2.75, 3.05) is 11.9 Å². The third kappa shape index (κ3) is 3.71. The quantitative estimate of drug-likeness (QED) is 0.512. The van der Waals surface area contributed by atoms with Crippen LogP contribution in [0.1, 0.15) is 21.5 Å². The van der Waals surface area contributed by atoms with Crippen molar-refractivity contribution >= 4 is 43.3 Å². The summed E-state index contributed by atoms with van der Waals surface area (Å²) in [5.41, 5.74) is 2.56. The number of nitrogens with one attached hydrogen (secondary N) is 1. The van der Waals surface area contributed by atoms with Gasteiger partial charge in [0.15, 0.2) is 0 Å². The molecule has 31 heavy (non-hydrogen) atoms. The third-order valence-electron chi connectivity index (χ3n) is 5.34. The van der Waals surface area contributed by atoms with Crippen molar-refractivity contribution in [2.45, 2.75) is 17.9 Å². The first-order chi connectivity index (χ1) is 15.0. The van der Waals surface area contributed by atoms with Gasteiger partial charge in [-0.3, -0.25) is 4.79 Å². The van der Waals surface area contributed by atoms with Crippen molar-refractivity contribution in [3.8, 4) is 0 Å². The fourth-order valence-corrected chi connectivity index (χ4v) is 5.82. The third-order valence-corrected chi connectivity index (χ3v) is 8.02. The number of carbonyl (C=O) groups is 1. The molecule has 156 valence electrons. The minimum atomic E-state index is -3.64. The first-order valence-corrected chi connectivity index (χ1v) is 12.0. The molecule has 0 radical (unpaired) electrons. The summed E-state index contributed by atoms with van der Waals surface area (Å²) in [4.78, 5) is 21.9. The van der Waals surface area contributed by atoms with Gasteiger partial charge in [0.1, 0.15) is 17.0 Å². The number of sulfonamides is 1. The predicted octanol–water partition coefficient (Wildman–Crippen LogP) is 3.69. The summed E-state index contributed by atoms with van der Waals surface area (Å²) >= 11 is 1.46. The fraction of sp³-hybridized carbons (Fsp3) is 0.136. The molecular formula is C22H18N4O3S2. The van der Waals surface area contributed by atoms with Gasteiger partial charge in [-0.1, -0.05) is 24.3 Å². The van der Waals surface area contributed by atoms with Crippen LogP contribution in [0, 0.1) is 0 Å². The van der Waals surface area contributed by atoms with Crippen molar-refractivity contribution in [1.29, 1.82) is 0 Å². The van der Waals surface area contributed by atoms with Crippen LogP contribution in [0.2, 0.25) is 0 Å². The van der Waals surface area contributed by atoms with Crippen LogP contribution in [0.15, 0.2) is 71.2 Å². The molecule has 1 amide bonds. The highest BCUT2D eigenvalue weighted by atomic mass is 32.2. The molecule has 1 aliphatic heterocycles. The van der Waals surface area contributed by atoms with E-state index in [9.17, 15) is 13.2 Å². The van der Waals surface area contributed by atoms with Crippen LogP contribution in [-0.2, 0) is 23.0 Å². The number of hydrogen-bond donors (Lipinski definition) is 1. The molecule has 5 rings (SSSR count). The van der Waals surface area contributed by atoms with E-state index >= 15 is 0 Å². The molecule has 1 N–H and O–H groups in total. The van der Waals surface area contributed by atoms with Gasteiger partial charge >= 0.3 is 0 Å². The van der Waals surface area contributed by atoms with Gasteiger partial charge in [-0.15, -0.1) is 11.3 Å². The zero-order chi connectivity index (χ0) is 21.4. The molecule has 0 aliphatic carbocycles. The number of anilines is 1. The Bertz CT molecular complexity index is 1380. The second-order valence-electron chi connectivity index (χ2n) is 7.20. The van der Waals surface area contributed by atoms with E-state index in [1.54, 1.807) is 0 Å². The van der Waals surface area contributed by atoms with E-state index < -0.39 is 10.0 Å². The molecule has 2 aromatic heterocycles. The molecule has 0 fully saturated rings. The molecule has 0 atom stereocenters. The highest BCUT2D eigenvalue weighted by Crippen LogP contribution is 2.26. The standard InChI is InChI=1S/C22H18N4O3S2/c27-21(25-20-19-10-12-30-22(19)24-14-23-20)16-5-7-18(8-6-16)31(28,29)26-11-9-15-3-1-2-4-17(15)13-26/h1-8,10,12,14H,9,11,13H2,(H,23,24,25,27). The lowest BCUT2D eigenvalue weighted by molar-refractivity contribution is 0.102. The Morgan fingerprint density at radius 1 is 1.00 bits per heavy atom. The van der Waals surface area contributed by atoms with Gasteiger partial charge in [-0.05, 0) is 53.3 Å². The topological polar surface area (TPSA) is 92.3 Å². The van der Waals surface area contributed by atoms with Gasteiger partial charge in [0.05, 0.1) is 10.3 Å². The van der Waals surface area contributed by atoms with E-state index in [0.29, 0.717) is 30.9 Å². The zero-order valence-electron chi connectivity index (χ0n) is 16.4.